The molecule has 3 aromatic rings. The molecule has 0 bridgehead atoms. The van der Waals surface area contributed by atoms with Crippen molar-refractivity contribution < 1.29 is 17.6 Å². The first-order valence-electron chi connectivity index (χ1n) is 7.81. The van der Waals surface area contributed by atoms with E-state index < -0.39 is 11.7 Å². The Bertz CT molecular complexity index is 1030. The molecule has 126 valence electrons. The molecule has 1 aliphatic carbocycles. The van der Waals surface area contributed by atoms with Gasteiger partial charge >= 0.3 is 6.18 Å². The summed E-state index contributed by atoms with van der Waals surface area (Å²) in [6.07, 6.45) is -1.98. The van der Waals surface area contributed by atoms with E-state index in [2.05, 4.69) is 4.98 Å². The monoisotopic (exact) mass is 343 g/mol. The summed E-state index contributed by atoms with van der Waals surface area (Å²) in [6, 6.07) is 10.5. The van der Waals surface area contributed by atoms with Crippen molar-refractivity contribution in [2.24, 2.45) is 0 Å². The van der Waals surface area contributed by atoms with Gasteiger partial charge in [0.1, 0.15) is 5.82 Å². The highest BCUT2D eigenvalue weighted by Gasteiger charge is 2.33. The second-order valence-corrected chi connectivity index (χ2v) is 6.15. The van der Waals surface area contributed by atoms with Gasteiger partial charge in [0, 0.05) is 11.0 Å². The van der Waals surface area contributed by atoms with E-state index in [1.165, 1.54) is 12.1 Å². The van der Waals surface area contributed by atoms with E-state index in [4.69, 9.17) is 0 Å². The third kappa shape index (κ3) is 2.60. The molecule has 0 N–H and O–H groups in total. The van der Waals surface area contributed by atoms with Gasteiger partial charge in [-0.15, -0.1) is 0 Å². The Labute approximate surface area is 141 Å². The number of allylic oxidation sites excluding steroid dienone is 1. The molecule has 1 aromatic heterocycles. The van der Waals surface area contributed by atoms with Gasteiger partial charge in [-0.2, -0.15) is 13.2 Å². The van der Waals surface area contributed by atoms with Gasteiger partial charge in [-0.05, 0) is 48.2 Å². The van der Waals surface area contributed by atoms with E-state index in [1.54, 1.807) is 31.2 Å². The van der Waals surface area contributed by atoms with E-state index in [9.17, 15) is 17.6 Å². The third-order valence-electron chi connectivity index (χ3n) is 4.50. The number of rotatable bonds is 1. The van der Waals surface area contributed by atoms with Crippen molar-refractivity contribution >= 4 is 16.5 Å². The second kappa shape index (κ2) is 5.41. The summed E-state index contributed by atoms with van der Waals surface area (Å²) in [4.78, 5) is 4.26. The fraction of sp³-hybridized carbons (Fsp3) is 0.150. The van der Waals surface area contributed by atoms with Crippen LogP contribution in [-0.4, -0.2) is 4.98 Å². The molecular weight excluding hydrogens is 330 g/mol. The third-order valence-corrected chi connectivity index (χ3v) is 4.50. The second-order valence-electron chi connectivity index (χ2n) is 6.15. The van der Waals surface area contributed by atoms with Crippen LogP contribution in [0.3, 0.4) is 0 Å². The van der Waals surface area contributed by atoms with Gasteiger partial charge in [0.2, 0.25) is 0 Å². The van der Waals surface area contributed by atoms with E-state index in [1.807, 2.05) is 6.08 Å². The summed E-state index contributed by atoms with van der Waals surface area (Å²) >= 11 is 0. The fourth-order valence-electron chi connectivity index (χ4n) is 3.25. The largest absolute Gasteiger partial charge is 0.418 e. The molecule has 1 nitrogen and oxygen atoms in total. The number of para-hydroxylation sites is 1. The Morgan fingerprint density at radius 3 is 2.60 bits per heavy atom. The van der Waals surface area contributed by atoms with Crippen molar-refractivity contribution in [3.8, 4) is 0 Å². The van der Waals surface area contributed by atoms with Gasteiger partial charge in [0.05, 0.1) is 16.8 Å². The first kappa shape index (κ1) is 15.8. The molecular formula is C20H13F4N. The topological polar surface area (TPSA) is 12.9 Å². The predicted octanol–water partition coefficient (Wildman–Crippen LogP) is 5.69. The van der Waals surface area contributed by atoms with Crippen LogP contribution in [0, 0.1) is 12.7 Å². The zero-order valence-electron chi connectivity index (χ0n) is 13.3. The maximum absolute atomic E-state index is 13.9. The van der Waals surface area contributed by atoms with Crippen LogP contribution in [0.5, 0.6) is 0 Å². The van der Waals surface area contributed by atoms with Crippen molar-refractivity contribution in [1.82, 2.24) is 4.98 Å². The predicted molar refractivity (Wildman–Crippen MR) is 88.7 cm³/mol. The number of halogens is 4. The molecule has 0 saturated heterocycles. The summed E-state index contributed by atoms with van der Waals surface area (Å²) in [5, 5.41) is 0.424. The maximum Gasteiger partial charge on any atom is 0.418 e. The molecule has 0 aliphatic heterocycles. The molecule has 25 heavy (non-hydrogen) atoms. The van der Waals surface area contributed by atoms with Gasteiger partial charge < -0.3 is 0 Å². The highest BCUT2D eigenvalue weighted by atomic mass is 19.4. The Hall–Kier alpha value is -2.69. The van der Waals surface area contributed by atoms with Gasteiger partial charge in [-0.25, -0.2) is 9.37 Å². The zero-order valence-corrected chi connectivity index (χ0v) is 13.3. The van der Waals surface area contributed by atoms with E-state index >= 15 is 0 Å². The minimum Gasteiger partial charge on any atom is -0.247 e. The van der Waals surface area contributed by atoms with Crippen molar-refractivity contribution in [3.05, 3.63) is 82.3 Å². The number of hydrogen-bond acceptors (Lipinski definition) is 1. The van der Waals surface area contributed by atoms with Crippen LogP contribution >= 0.6 is 0 Å². The van der Waals surface area contributed by atoms with Gasteiger partial charge in [-0.3, -0.25) is 0 Å². The van der Waals surface area contributed by atoms with Crippen molar-refractivity contribution in [1.29, 1.82) is 0 Å². The summed E-state index contributed by atoms with van der Waals surface area (Å²) in [5.41, 5.74) is 2.45. The highest BCUT2D eigenvalue weighted by Crippen LogP contribution is 2.37. The molecule has 5 heteroatoms. The lowest BCUT2D eigenvalue weighted by Gasteiger charge is -2.12. The minimum absolute atomic E-state index is 0.0885. The fourth-order valence-corrected chi connectivity index (χ4v) is 3.25. The van der Waals surface area contributed by atoms with Crippen LogP contribution in [0.25, 0.3) is 16.5 Å². The van der Waals surface area contributed by atoms with E-state index in [0.29, 0.717) is 34.2 Å². The molecule has 0 amide bonds. The standard InChI is InChI=1S/C20H13F4N/c1-11-9-13-5-7-14(15(13)10-17(11)21)18-8-6-12-3-2-4-16(19(12)25-18)20(22,23)24/h2-4,6-10H,5H2,1H3. The molecule has 0 unspecified atom stereocenters. The minimum atomic E-state index is -4.48. The molecule has 0 atom stereocenters. The van der Waals surface area contributed by atoms with Gasteiger partial charge in [0.15, 0.2) is 0 Å². The lowest BCUT2D eigenvalue weighted by atomic mass is 9.99. The van der Waals surface area contributed by atoms with Crippen LogP contribution in [0.4, 0.5) is 17.6 Å². The molecule has 0 spiro atoms. The van der Waals surface area contributed by atoms with Crippen LogP contribution in [0.1, 0.15) is 27.9 Å². The van der Waals surface area contributed by atoms with Crippen LogP contribution < -0.4 is 0 Å². The molecule has 0 fully saturated rings. The van der Waals surface area contributed by atoms with E-state index in [0.717, 1.165) is 11.6 Å². The normalized spacial score (nSPS) is 13.9. The Morgan fingerprint density at radius 2 is 1.84 bits per heavy atom. The average Bonchev–Trinajstić information content (AvgIpc) is 2.96. The molecule has 4 rings (SSSR count). The summed E-state index contributed by atoms with van der Waals surface area (Å²) in [6.45, 7) is 1.69. The molecule has 0 saturated carbocycles. The SMILES string of the molecule is Cc1cc2c(cc1F)C(c1ccc3cccc(C(F)(F)F)c3n1)=CC2. The summed E-state index contributed by atoms with van der Waals surface area (Å²) < 4.78 is 53.7. The highest BCUT2D eigenvalue weighted by molar-refractivity contribution is 5.88. The number of alkyl halides is 3. The molecule has 0 radical (unpaired) electrons. The zero-order chi connectivity index (χ0) is 17.8. The Kier molecular flexibility index (Phi) is 3.42. The van der Waals surface area contributed by atoms with Gasteiger partial charge in [-0.1, -0.05) is 30.3 Å². The lowest BCUT2D eigenvalue weighted by molar-refractivity contribution is -0.136. The lowest BCUT2D eigenvalue weighted by Crippen LogP contribution is -2.07. The number of hydrogen-bond donors (Lipinski definition) is 0. The van der Waals surface area contributed by atoms with Gasteiger partial charge in [0.25, 0.3) is 0 Å². The molecule has 2 aromatic carbocycles. The Morgan fingerprint density at radius 1 is 1.04 bits per heavy atom. The molecule has 1 heterocycles. The van der Waals surface area contributed by atoms with E-state index in [-0.39, 0.29) is 11.3 Å². The van der Waals surface area contributed by atoms with Crippen LogP contribution in [0.15, 0.2) is 48.5 Å². The Balaban J connectivity index is 1.89. The number of fused-ring (bicyclic) bond motifs is 2. The quantitative estimate of drug-likeness (QED) is 0.517. The molecule has 1 aliphatic rings. The van der Waals surface area contributed by atoms with Crippen molar-refractivity contribution in [2.75, 3.05) is 0 Å². The number of aromatic nitrogens is 1. The summed E-state index contributed by atoms with van der Waals surface area (Å²) in [7, 11) is 0. The number of nitrogens with zero attached hydrogens (tertiary/aromatic N) is 1. The number of benzene rings is 2. The smallest absolute Gasteiger partial charge is 0.247 e. The maximum atomic E-state index is 13.9. The first-order valence-corrected chi connectivity index (χ1v) is 7.81. The van der Waals surface area contributed by atoms with Crippen molar-refractivity contribution in [3.63, 3.8) is 0 Å². The van der Waals surface area contributed by atoms with Crippen molar-refractivity contribution in [2.45, 2.75) is 19.5 Å². The number of aryl methyl sites for hydroxylation is 1. The summed E-state index contributed by atoms with van der Waals surface area (Å²) in [5.74, 6) is -0.330. The average molecular weight is 343 g/mol. The van der Waals surface area contributed by atoms with Crippen LogP contribution in [-0.2, 0) is 12.6 Å². The van der Waals surface area contributed by atoms with Crippen LogP contribution in [0.2, 0.25) is 0 Å². The number of pyridine rings is 1. The first-order chi connectivity index (χ1) is 11.8.